The van der Waals surface area contributed by atoms with Crippen molar-refractivity contribution in [2.45, 2.75) is 46.2 Å². The van der Waals surface area contributed by atoms with Crippen LogP contribution in [0.3, 0.4) is 0 Å². The van der Waals surface area contributed by atoms with E-state index in [1.165, 1.54) is 0 Å². The average Bonchev–Trinajstić information content (AvgIpc) is 2.84. The van der Waals surface area contributed by atoms with Gasteiger partial charge in [-0.1, -0.05) is 25.5 Å². The highest BCUT2D eigenvalue weighted by Gasteiger charge is 2.15. The minimum absolute atomic E-state index is 0.0108. The van der Waals surface area contributed by atoms with Gasteiger partial charge in [0.2, 0.25) is 5.91 Å². The fourth-order valence-electron chi connectivity index (χ4n) is 1.49. The first kappa shape index (κ1) is 14.6. The Hall–Kier alpha value is -1.43. The Balaban J connectivity index is 2.47. The lowest BCUT2D eigenvalue weighted by Gasteiger charge is -2.11. The molecule has 6 nitrogen and oxygen atoms in total. The van der Waals surface area contributed by atoms with E-state index in [9.17, 15) is 4.79 Å². The molecule has 0 saturated heterocycles. The monoisotopic (exact) mass is 253 g/mol. The Morgan fingerprint density at radius 1 is 1.50 bits per heavy atom. The molecule has 2 N–H and O–H groups in total. The van der Waals surface area contributed by atoms with Crippen LogP contribution in [0, 0.1) is 0 Å². The number of aromatic nitrogens is 3. The molecular formula is C12H23N5O. The lowest BCUT2D eigenvalue weighted by Crippen LogP contribution is -2.32. The van der Waals surface area contributed by atoms with Crippen molar-refractivity contribution in [1.82, 2.24) is 25.6 Å². The Bertz CT molecular complexity index is 363. The maximum atomic E-state index is 11.8. The summed E-state index contributed by atoms with van der Waals surface area (Å²) in [7, 11) is 0. The largest absolute Gasteiger partial charge is 0.354 e. The van der Waals surface area contributed by atoms with E-state index >= 15 is 0 Å². The van der Waals surface area contributed by atoms with Gasteiger partial charge in [0.1, 0.15) is 6.04 Å². The lowest BCUT2D eigenvalue weighted by atomic mass is 10.3. The molecule has 1 rings (SSSR count). The van der Waals surface area contributed by atoms with Crippen LogP contribution >= 0.6 is 0 Å². The van der Waals surface area contributed by atoms with Crippen molar-refractivity contribution in [3.8, 4) is 0 Å². The third kappa shape index (κ3) is 4.44. The molecule has 1 heterocycles. The van der Waals surface area contributed by atoms with E-state index in [1.54, 1.807) is 4.68 Å². The number of rotatable bonds is 8. The normalized spacial score (nSPS) is 12.4. The Labute approximate surface area is 108 Å². The van der Waals surface area contributed by atoms with Crippen molar-refractivity contribution in [3.05, 3.63) is 11.9 Å². The van der Waals surface area contributed by atoms with Gasteiger partial charge < -0.3 is 10.6 Å². The van der Waals surface area contributed by atoms with Crippen LogP contribution in [0.15, 0.2) is 6.20 Å². The number of unbranched alkanes of at least 4 members (excludes halogenated alkanes) is 1. The van der Waals surface area contributed by atoms with Crippen molar-refractivity contribution >= 4 is 5.91 Å². The number of hydrogen-bond donors (Lipinski definition) is 2. The minimum atomic E-state index is -0.315. The topological polar surface area (TPSA) is 71.8 Å². The first-order chi connectivity index (χ1) is 8.69. The summed E-state index contributed by atoms with van der Waals surface area (Å²) in [6.45, 7) is 8.25. The maximum absolute atomic E-state index is 11.8. The van der Waals surface area contributed by atoms with Gasteiger partial charge in [0.05, 0.1) is 11.9 Å². The smallest absolute Gasteiger partial charge is 0.244 e. The molecule has 1 aromatic rings. The fraction of sp³-hybridized carbons (Fsp3) is 0.750. The number of amides is 1. The van der Waals surface area contributed by atoms with E-state index in [1.807, 2.05) is 20.0 Å². The molecule has 0 aliphatic carbocycles. The Kier molecular flexibility index (Phi) is 6.35. The van der Waals surface area contributed by atoms with E-state index in [4.69, 9.17) is 0 Å². The zero-order valence-electron chi connectivity index (χ0n) is 11.4. The lowest BCUT2D eigenvalue weighted by molar-refractivity contribution is -0.124. The van der Waals surface area contributed by atoms with E-state index < -0.39 is 0 Å². The Morgan fingerprint density at radius 3 is 2.94 bits per heavy atom. The second-order valence-corrected chi connectivity index (χ2v) is 4.29. The summed E-state index contributed by atoms with van der Waals surface area (Å²) in [6, 6.07) is -0.315. The zero-order valence-corrected chi connectivity index (χ0v) is 11.4. The van der Waals surface area contributed by atoms with Gasteiger partial charge in [-0.25, -0.2) is 4.68 Å². The summed E-state index contributed by atoms with van der Waals surface area (Å²) in [5, 5.41) is 14.1. The fourth-order valence-corrected chi connectivity index (χ4v) is 1.49. The van der Waals surface area contributed by atoms with Crippen molar-refractivity contribution in [2.24, 2.45) is 0 Å². The predicted molar refractivity (Wildman–Crippen MR) is 70.0 cm³/mol. The number of carbonyl (C=O) groups excluding carboxylic acids is 1. The molecule has 1 aromatic heterocycles. The third-order valence-electron chi connectivity index (χ3n) is 2.72. The van der Waals surface area contributed by atoms with Crippen LogP contribution in [0.4, 0.5) is 0 Å². The molecule has 1 atom stereocenters. The summed E-state index contributed by atoms with van der Waals surface area (Å²) < 4.78 is 1.61. The van der Waals surface area contributed by atoms with Crippen LogP contribution in [-0.4, -0.2) is 34.0 Å². The number of nitrogens with one attached hydrogen (secondary N) is 2. The number of nitrogens with zero attached hydrogens (tertiary/aromatic N) is 3. The Morgan fingerprint density at radius 2 is 2.28 bits per heavy atom. The molecule has 0 aromatic carbocycles. The first-order valence-corrected chi connectivity index (χ1v) is 6.58. The molecule has 0 aliphatic rings. The van der Waals surface area contributed by atoms with Gasteiger partial charge >= 0.3 is 0 Å². The van der Waals surface area contributed by atoms with E-state index in [-0.39, 0.29) is 11.9 Å². The van der Waals surface area contributed by atoms with Gasteiger partial charge in [0, 0.05) is 13.1 Å². The van der Waals surface area contributed by atoms with Crippen LogP contribution in [0.25, 0.3) is 0 Å². The van der Waals surface area contributed by atoms with Gasteiger partial charge in [0.25, 0.3) is 0 Å². The number of carbonyl (C=O) groups is 1. The minimum Gasteiger partial charge on any atom is -0.354 e. The van der Waals surface area contributed by atoms with Gasteiger partial charge in [-0.15, -0.1) is 5.10 Å². The average molecular weight is 253 g/mol. The molecule has 0 saturated carbocycles. The second kappa shape index (κ2) is 7.81. The molecule has 0 radical (unpaired) electrons. The highest BCUT2D eigenvalue weighted by molar-refractivity contribution is 5.79. The summed E-state index contributed by atoms with van der Waals surface area (Å²) in [5.74, 6) is -0.0108. The SMILES string of the molecule is CCCCNC(=O)C(C)n1cc(CNCC)nn1. The van der Waals surface area contributed by atoms with E-state index in [2.05, 4.69) is 27.9 Å². The second-order valence-electron chi connectivity index (χ2n) is 4.29. The first-order valence-electron chi connectivity index (χ1n) is 6.58. The molecule has 18 heavy (non-hydrogen) atoms. The van der Waals surface area contributed by atoms with Crippen molar-refractivity contribution in [2.75, 3.05) is 13.1 Å². The third-order valence-corrected chi connectivity index (χ3v) is 2.72. The summed E-state index contributed by atoms with van der Waals surface area (Å²) >= 11 is 0. The standard InChI is InChI=1S/C12H23N5O/c1-4-6-7-14-12(18)10(3)17-9-11(15-16-17)8-13-5-2/h9-10,13H,4-8H2,1-3H3,(H,14,18). The van der Waals surface area contributed by atoms with Crippen LogP contribution in [0.2, 0.25) is 0 Å². The molecule has 0 fully saturated rings. The summed E-state index contributed by atoms with van der Waals surface area (Å²) in [4.78, 5) is 11.8. The van der Waals surface area contributed by atoms with Crippen LogP contribution < -0.4 is 10.6 Å². The molecule has 6 heteroatoms. The highest BCUT2D eigenvalue weighted by atomic mass is 16.2. The van der Waals surface area contributed by atoms with Crippen LogP contribution in [0.5, 0.6) is 0 Å². The van der Waals surface area contributed by atoms with Crippen LogP contribution in [-0.2, 0) is 11.3 Å². The molecule has 102 valence electrons. The zero-order chi connectivity index (χ0) is 13.4. The van der Waals surface area contributed by atoms with E-state index in [0.29, 0.717) is 6.54 Å². The van der Waals surface area contributed by atoms with Gasteiger partial charge in [0.15, 0.2) is 0 Å². The van der Waals surface area contributed by atoms with Crippen molar-refractivity contribution < 1.29 is 4.79 Å². The predicted octanol–water partition coefficient (Wildman–Crippen LogP) is 0.865. The molecule has 1 unspecified atom stereocenters. The summed E-state index contributed by atoms with van der Waals surface area (Å²) in [5.41, 5.74) is 0.852. The van der Waals surface area contributed by atoms with Crippen molar-refractivity contribution in [3.63, 3.8) is 0 Å². The van der Waals surface area contributed by atoms with E-state index in [0.717, 1.165) is 31.6 Å². The highest BCUT2D eigenvalue weighted by Crippen LogP contribution is 2.04. The number of hydrogen-bond acceptors (Lipinski definition) is 4. The molecule has 0 spiro atoms. The quantitative estimate of drug-likeness (QED) is 0.674. The van der Waals surface area contributed by atoms with Crippen molar-refractivity contribution in [1.29, 1.82) is 0 Å². The van der Waals surface area contributed by atoms with Gasteiger partial charge in [-0.2, -0.15) is 0 Å². The molecule has 0 aliphatic heterocycles. The van der Waals surface area contributed by atoms with Gasteiger partial charge in [-0.3, -0.25) is 4.79 Å². The molecule has 0 bridgehead atoms. The molecular weight excluding hydrogens is 230 g/mol. The van der Waals surface area contributed by atoms with Gasteiger partial charge in [-0.05, 0) is 19.9 Å². The molecule has 1 amide bonds. The van der Waals surface area contributed by atoms with Crippen LogP contribution in [0.1, 0.15) is 45.3 Å². The maximum Gasteiger partial charge on any atom is 0.244 e. The summed E-state index contributed by atoms with van der Waals surface area (Å²) in [6.07, 6.45) is 3.89.